The summed E-state index contributed by atoms with van der Waals surface area (Å²) in [6, 6.07) is 10.4. The highest BCUT2D eigenvalue weighted by Gasteiger charge is 2.12. The van der Waals surface area contributed by atoms with Crippen LogP contribution in [0.15, 0.2) is 47.4 Å². The van der Waals surface area contributed by atoms with Gasteiger partial charge in [0.2, 0.25) is 5.95 Å². The predicted octanol–water partition coefficient (Wildman–Crippen LogP) is 3.41. The Morgan fingerprint density at radius 2 is 1.86 bits per heavy atom. The number of nitrogens with one attached hydrogen (secondary N) is 1. The van der Waals surface area contributed by atoms with E-state index in [4.69, 9.17) is 4.74 Å². The number of methoxy groups -OCH3 is 1. The molecule has 1 N–H and O–H groups in total. The Morgan fingerprint density at radius 3 is 2.50 bits per heavy atom. The molecule has 3 aromatic rings. The second-order valence-electron chi connectivity index (χ2n) is 7.13. The normalized spacial score (nSPS) is 12.2. The summed E-state index contributed by atoms with van der Waals surface area (Å²) in [7, 11) is 1.36. The second kappa shape index (κ2) is 8.21. The number of carbonyl (C=O) groups is 1. The zero-order valence-corrected chi connectivity index (χ0v) is 16.5. The third-order valence-electron chi connectivity index (χ3n) is 4.45. The maximum atomic E-state index is 12.3. The van der Waals surface area contributed by atoms with Gasteiger partial charge in [0.15, 0.2) is 0 Å². The molecule has 146 valence electrons. The van der Waals surface area contributed by atoms with E-state index < -0.39 is 0 Å². The Kier molecular flexibility index (Phi) is 5.73. The zero-order valence-electron chi connectivity index (χ0n) is 16.5. The molecule has 7 heteroatoms. The van der Waals surface area contributed by atoms with Gasteiger partial charge < -0.3 is 10.1 Å². The number of hydrogen-bond donors (Lipinski definition) is 1. The SMILES string of the molecule is COC(=O)c1ccc([C@H](C)Nc2ncc3ccc(=O)n(CC(C)C)c3n2)cc1. The molecule has 0 spiro atoms. The number of anilines is 1. The molecule has 0 saturated heterocycles. The van der Waals surface area contributed by atoms with Gasteiger partial charge in [-0.05, 0) is 36.6 Å². The molecule has 0 amide bonds. The van der Waals surface area contributed by atoms with E-state index in [0.717, 1.165) is 10.9 Å². The van der Waals surface area contributed by atoms with Crippen LogP contribution in [0.25, 0.3) is 11.0 Å². The number of rotatable bonds is 6. The van der Waals surface area contributed by atoms with Gasteiger partial charge in [0.25, 0.3) is 5.56 Å². The molecule has 3 rings (SSSR count). The lowest BCUT2D eigenvalue weighted by Gasteiger charge is -2.16. The summed E-state index contributed by atoms with van der Waals surface area (Å²) in [6.07, 6.45) is 1.72. The Hall–Kier alpha value is -3.22. The fraction of sp³-hybridized carbons (Fsp3) is 0.333. The van der Waals surface area contributed by atoms with Crippen molar-refractivity contribution in [1.82, 2.24) is 14.5 Å². The molecule has 0 aliphatic heterocycles. The molecule has 7 nitrogen and oxygen atoms in total. The van der Waals surface area contributed by atoms with Crippen molar-refractivity contribution in [2.24, 2.45) is 5.92 Å². The van der Waals surface area contributed by atoms with E-state index in [1.165, 1.54) is 7.11 Å². The highest BCUT2D eigenvalue weighted by atomic mass is 16.5. The average molecular weight is 380 g/mol. The summed E-state index contributed by atoms with van der Waals surface area (Å²) in [5.41, 5.74) is 2.02. The predicted molar refractivity (Wildman–Crippen MR) is 108 cm³/mol. The highest BCUT2D eigenvalue weighted by Crippen LogP contribution is 2.19. The summed E-state index contributed by atoms with van der Waals surface area (Å²) >= 11 is 0. The first-order valence-electron chi connectivity index (χ1n) is 9.20. The van der Waals surface area contributed by atoms with E-state index in [1.807, 2.05) is 19.1 Å². The molecule has 1 atom stereocenters. The van der Waals surface area contributed by atoms with Crippen molar-refractivity contribution in [2.75, 3.05) is 12.4 Å². The largest absolute Gasteiger partial charge is 0.465 e. The quantitative estimate of drug-likeness (QED) is 0.660. The van der Waals surface area contributed by atoms with Crippen molar-refractivity contribution in [3.63, 3.8) is 0 Å². The van der Waals surface area contributed by atoms with Crippen molar-refractivity contribution in [3.8, 4) is 0 Å². The summed E-state index contributed by atoms with van der Waals surface area (Å²) in [4.78, 5) is 32.8. The van der Waals surface area contributed by atoms with Crippen LogP contribution >= 0.6 is 0 Å². The maximum Gasteiger partial charge on any atom is 0.337 e. The Morgan fingerprint density at radius 1 is 1.14 bits per heavy atom. The van der Waals surface area contributed by atoms with Crippen LogP contribution in [0.2, 0.25) is 0 Å². The standard InChI is InChI=1S/C21H24N4O3/c1-13(2)12-25-18(26)10-9-17-11-22-21(24-19(17)25)23-14(3)15-5-7-16(8-6-15)20(27)28-4/h5-11,13-14H,12H2,1-4H3,(H,22,23,24)/t14-/m0/s1. The molecule has 1 aromatic carbocycles. The van der Waals surface area contributed by atoms with Crippen LogP contribution in [0.1, 0.15) is 42.7 Å². The van der Waals surface area contributed by atoms with E-state index in [1.54, 1.807) is 35.0 Å². The fourth-order valence-electron chi connectivity index (χ4n) is 2.99. The van der Waals surface area contributed by atoms with Gasteiger partial charge in [-0.15, -0.1) is 0 Å². The smallest absolute Gasteiger partial charge is 0.337 e. The Balaban J connectivity index is 1.87. The Labute approximate surface area is 163 Å². The third-order valence-corrected chi connectivity index (χ3v) is 4.45. The lowest BCUT2D eigenvalue weighted by molar-refractivity contribution is 0.0600. The number of fused-ring (bicyclic) bond motifs is 1. The highest BCUT2D eigenvalue weighted by molar-refractivity contribution is 5.89. The monoisotopic (exact) mass is 380 g/mol. The second-order valence-corrected chi connectivity index (χ2v) is 7.13. The van der Waals surface area contributed by atoms with Crippen LogP contribution in [0.3, 0.4) is 0 Å². The molecule has 0 aliphatic rings. The summed E-state index contributed by atoms with van der Waals surface area (Å²) in [5, 5.41) is 4.08. The van der Waals surface area contributed by atoms with E-state index in [0.29, 0.717) is 29.6 Å². The van der Waals surface area contributed by atoms with Crippen molar-refractivity contribution in [1.29, 1.82) is 0 Å². The van der Waals surface area contributed by atoms with Gasteiger partial charge in [0.05, 0.1) is 18.7 Å². The number of carbonyl (C=O) groups excluding carboxylic acids is 1. The first-order valence-corrected chi connectivity index (χ1v) is 9.20. The molecule has 2 heterocycles. The minimum atomic E-state index is -0.367. The first-order chi connectivity index (χ1) is 13.4. The van der Waals surface area contributed by atoms with Crippen LogP contribution in [0.5, 0.6) is 0 Å². The van der Waals surface area contributed by atoms with Gasteiger partial charge in [0, 0.05) is 24.2 Å². The number of hydrogen-bond acceptors (Lipinski definition) is 6. The molecule has 0 radical (unpaired) electrons. The minimum absolute atomic E-state index is 0.0719. The molecule has 0 saturated carbocycles. The summed E-state index contributed by atoms with van der Waals surface area (Å²) < 4.78 is 6.40. The van der Waals surface area contributed by atoms with Gasteiger partial charge in [-0.1, -0.05) is 26.0 Å². The van der Waals surface area contributed by atoms with Crippen LogP contribution < -0.4 is 10.9 Å². The van der Waals surface area contributed by atoms with Crippen LogP contribution in [0.4, 0.5) is 5.95 Å². The Bertz CT molecular complexity index is 1040. The molecule has 28 heavy (non-hydrogen) atoms. The average Bonchev–Trinajstić information content (AvgIpc) is 2.69. The van der Waals surface area contributed by atoms with Gasteiger partial charge in [-0.3, -0.25) is 9.36 Å². The van der Waals surface area contributed by atoms with Crippen molar-refractivity contribution < 1.29 is 9.53 Å². The summed E-state index contributed by atoms with van der Waals surface area (Å²) in [5.74, 6) is 0.398. The number of nitrogens with zero attached hydrogens (tertiary/aromatic N) is 3. The molecular weight excluding hydrogens is 356 g/mol. The van der Waals surface area contributed by atoms with Crippen LogP contribution in [-0.2, 0) is 11.3 Å². The van der Waals surface area contributed by atoms with Crippen molar-refractivity contribution in [2.45, 2.75) is 33.4 Å². The minimum Gasteiger partial charge on any atom is -0.465 e. The van der Waals surface area contributed by atoms with Crippen LogP contribution in [0, 0.1) is 5.92 Å². The number of ether oxygens (including phenoxy) is 1. The first kappa shape index (κ1) is 19.5. The molecule has 0 bridgehead atoms. The van der Waals surface area contributed by atoms with Gasteiger partial charge in [0.1, 0.15) is 5.65 Å². The molecule has 0 aliphatic carbocycles. The van der Waals surface area contributed by atoms with E-state index >= 15 is 0 Å². The lowest BCUT2D eigenvalue weighted by atomic mass is 10.1. The maximum absolute atomic E-state index is 12.3. The van der Waals surface area contributed by atoms with Gasteiger partial charge in [-0.2, -0.15) is 4.98 Å². The third kappa shape index (κ3) is 4.19. The zero-order chi connectivity index (χ0) is 20.3. The number of esters is 1. The van der Waals surface area contributed by atoms with Crippen molar-refractivity contribution >= 4 is 23.0 Å². The van der Waals surface area contributed by atoms with Gasteiger partial charge >= 0.3 is 5.97 Å². The topological polar surface area (TPSA) is 86.1 Å². The molecule has 2 aromatic heterocycles. The fourth-order valence-corrected chi connectivity index (χ4v) is 2.99. The van der Waals surface area contributed by atoms with Crippen LogP contribution in [-0.4, -0.2) is 27.6 Å². The van der Waals surface area contributed by atoms with Crippen molar-refractivity contribution in [3.05, 3.63) is 64.1 Å². The van der Waals surface area contributed by atoms with E-state index in [9.17, 15) is 9.59 Å². The van der Waals surface area contributed by atoms with E-state index in [2.05, 4.69) is 29.1 Å². The molecular formula is C21H24N4O3. The summed E-state index contributed by atoms with van der Waals surface area (Å²) in [6.45, 7) is 6.70. The number of pyridine rings is 1. The van der Waals surface area contributed by atoms with E-state index in [-0.39, 0.29) is 17.6 Å². The molecule has 0 unspecified atom stereocenters. The number of aromatic nitrogens is 3. The van der Waals surface area contributed by atoms with Gasteiger partial charge in [-0.25, -0.2) is 9.78 Å². The lowest BCUT2D eigenvalue weighted by Crippen LogP contribution is -2.23. The number of benzene rings is 1. The molecule has 0 fully saturated rings.